The van der Waals surface area contributed by atoms with Crippen LogP contribution >= 0.6 is 0 Å². The molecule has 0 bridgehead atoms. The van der Waals surface area contributed by atoms with Gasteiger partial charge in [-0.2, -0.15) is 0 Å². The molecule has 0 aromatic heterocycles. The molecule has 0 saturated heterocycles. The van der Waals surface area contributed by atoms with E-state index in [1.165, 1.54) is 5.01 Å². The van der Waals surface area contributed by atoms with E-state index in [9.17, 15) is 5.21 Å². The predicted molar refractivity (Wildman–Crippen MR) is 54.9 cm³/mol. The van der Waals surface area contributed by atoms with Crippen molar-refractivity contribution in [3.8, 4) is 0 Å². The number of rotatable bonds is 4. The van der Waals surface area contributed by atoms with Gasteiger partial charge in [-0.15, -0.1) is 5.01 Å². The van der Waals surface area contributed by atoms with Crippen LogP contribution in [0.15, 0.2) is 5.28 Å². The van der Waals surface area contributed by atoms with Crippen molar-refractivity contribution in [3.05, 3.63) is 5.21 Å². The summed E-state index contributed by atoms with van der Waals surface area (Å²) < 4.78 is 0. The van der Waals surface area contributed by atoms with Crippen molar-refractivity contribution in [2.24, 2.45) is 11.2 Å². The van der Waals surface area contributed by atoms with Crippen molar-refractivity contribution in [1.82, 2.24) is 5.01 Å². The number of hydrazine groups is 1. The minimum atomic E-state index is -0.330. The van der Waals surface area contributed by atoms with Gasteiger partial charge in [0.2, 0.25) is 5.28 Å². The van der Waals surface area contributed by atoms with Gasteiger partial charge >= 0.3 is 29.6 Å². The molecule has 86 valence electrons. The Bertz CT molecular complexity index is 207. The molecule has 0 aromatic carbocycles. The van der Waals surface area contributed by atoms with Crippen LogP contribution in [0, 0.1) is 11.1 Å². The van der Waals surface area contributed by atoms with Crippen molar-refractivity contribution < 1.29 is 41.2 Å². The Morgan fingerprint density at radius 1 is 1.47 bits per heavy atom. The van der Waals surface area contributed by atoms with Crippen LogP contribution in [0.5, 0.6) is 0 Å². The van der Waals surface area contributed by atoms with Gasteiger partial charge in [0.15, 0.2) is 0 Å². The quantitative estimate of drug-likeness (QED) is 0.305. The Kier molecular flexibility index (Phi) is 8.47. The molecule has 0 fully saturated rings. The van der Waals surface area contributed by atoms with Crippen molar-refractivity contribution in [2.75, 3.05) is 6.54 Å². The first-order chi connectivity index (χ1) is 6.29. The third-order valence-electron chi connectivity index (χ3n) is 1.98. The van der Waals surface area contributed by atoms with Gasteiger partial charge < -0.3 is 11.8 Å². The predicted octanol–water partition coefficient (Wildman–Crippen LogP) is -0.484. The van der Waals surface area contributed by atoms with Gasteiger partial charge in [-0.1, -0.05) is 13.8 Å². The van der Waals surface area contributed by atoms with Crippen LogP contribution in [0.25, 0.3) is 0 Å². The molecule has 0 aromatic rings. The standard InChI is InChI=1S/C9H21N3O2.Na.H/c1-8(2)6-7-11(9(3,4)5)12(14)10-13;;/h8,13H,6-7H2,1-5H3;;/q;+1;-1. The van der Waals surface area contributed by atoms with E-state index in [2.05, 4.69) is 19.1 Å². The first-order valence-corrected chi connectivity index (χ1v) is 4.89. The van der Waals surface area contributed by atoms with Crippen LogP contribution in [-0.2, 0) is 0 Å². The van der Waals surface area contributed by atoms with Crippen LogP contribution < -0.4 is 29.6 Å². The Labute approximate surface area is 115 Å². The summed E-state index contributed by atoms with van der Waals surface area (Å²) >= 11 is 0. The number of hydrogen-bond acceptors (Lipinski definition) is 2. The van der Waals surface area contributed by atoms with Crippen LogP contribution in [0.3, 0.4) is 0 Å². The van der Waals surface area contributed by atoms with E-state index >= 15 is 0 Å². The summed E-state index contributed by atoms with van der Waals surface area (Å²) in [6.07, 6.45) is 0.894. The summed E-state index contributed by atoms with van der Waals surface area (Å²) in [5.74, 6) is 0.520. The molecule has 0 rings (SSSR count). The molecule has 5 nitrogen and oxygen atoms in total. The Morgan fingerprint density at radius 2 is 1.93 bits per heavy atom. The van der Waals surface area contributed by atoms with Gasteiger partial charge in [0.05, 0.1) is 17.1 Å². The summed E-state index contributed by atoms with van der Waals surface area (Å²) in [7, 11) is 0. The number of hydrogen-bond donors (Lipinski definition) is 1. The zero-order valence-corrected chi connectivity index (χ0v) is 12.7. The Morgan fingerprint density at radius 3 is 2.20 bits per heavy atom. The molecule has 15 heavy (non-hydrogen) atoms. The third-order valence-corrected chi connectivity index (χ3v) is 1.98. The molecule has 0 amide bonds. The van der Waals surface area contributed by atoms with Gasteiger partial charge in [-0.05, 0) is 33.1 Å². The average molecular weight is 227 g/mol. The topological polar surface area (TPSA) is 61.9 Å². The summed E-state index contributed by atoms with van der Waals surface area (Å²) in [6.45, 7) is 10.5. The molecule has 0 unspecified atom stereocenters. The third kappa shape index (κ3) is 6.98. The SMILES string of the molecule is CC(C)CCN([N+]([O-])=NO)C(C)(C)C.[H-].[Na+]. The second-order valence-corrected chi connectivity index (χ2v) is 4.82. The molecular formula is C9H22N3NaO2. The molecule has 0 heterocycles. The Hall–Kier alpha value is 0. The first-order valence-electron chi connectivity index (χ1n) is 4.89. The maximum Gasteiger partial charge on any atom is 1.00 e. The minimum absolute atomic E-state index is 0. The van der Waals surface area contributed by atoms with Crippen LogP contribution in [0.4, 0.5) is 0 Å². The molecule has 0 aliphatic rings. The van der Waals surface area contributed by atoms with Crippen molar-refractivity contribution in [2.45, 2.75) is 46.6 Å². The average Bonchev–Trinajstić information content (AvgIpc) is 2.01. The first kappa shape index (κ1) is 17.4. The normalized spacial score (nSPS) is 12.5. The van der Waals surface area contributed by atoms with Gasteiger partial charge in [0.1, 0.15) is 0 Å². The fourth-order valence-electron chi connectivity index (χ4n) is 1.11. The second kappa shape index (κ2) is 7.30. The van der Waals surface area contributed by atoms with E-state index in [4.69, 9.17) is 5.21 Å². The van der Waals surface area contributed by atoms with Crippen molar-refractivity contribution in [1.29, 1.82) is 0 Å². The zero-order chi connectivity index (χ0) is 11.4. The maximum atomic E-state index is 11.2. The fourth-order valence-corrected chi connectivity index (χ4v) is 1.11. The van der Waals surface area contributed by atoms with Crippen molar-refractivity contribution in [3.63, 3.8) is 0 Å². The van der Waals surface area contributed by atoms with E-state index < -0.39 is 0 Å². The molecule has 0 aliphatic heterocycles. The van der Waals surface area contributed by atoms with E-state index in [0.717, 1.165) is 6.42 Å². The van der Waals surface area contributed by atoms with E-state index in [0.29, 0.717) is 12.5 Å². The van der Waals surface area contributed by atoms with Gasteiger partial charge in [0, 0.05) is 0 Å². The fraction of sp³-hybridized carbons (Fsp3) is 1.00. The smallest absolute Gasteiger partial charge is 1.00 e. The van der Waals surface area contributed by atoms with Crippen LogP contribution in [0.2, 0.25) is 0 Å². The van der Waals surface area contributed by atoms with Gasteiger partial charge in [0.25, 0.3) is 0 Å². The summed E-state index contributed by atoms with van der Waals surface area (Å²) in [6, 6.07) is 0. The maximum absolute atomic E-state index is 11.2. The summed E-state index contributed by atoms with van der Waals surface area (Å²) in [4.78, 5) is 0.252. The minimum Gasteiger partial charge on any atom is -1.00 e. The molecule has 0 atom stereocenters. The zero-order valence-electron chi connectivity index (χ0n) is 11.7. The monoisotopic (exact) mass is 227 g/mol. The van der Waals surface area contributed by atoms with Crippen LogP contribution in [0.1, 0.15) is 42.5 Å². The molecule has 6 heteroatoms. The summed E-state index contributed by atoms with van der Waals surface area (Å²) in [5, 5.41) is 23.8. The van der Waals surface area contributed by atoms with Gasteiger partial charge in [-0.3, -0.25) is 0 Å². The second-order valence-electron chi connectivity index (χ2n) is 4.82. The molecule has 0 spiro atoms. The molecule has 0 radical (unpaired) electrons. The molecular weight excluding hydrogens is 205 g/mol. The molecule has 0 aliphatic carbocycles. The summed E-state index contributed by atoms with van der Waals surface area (Å²) in [5.41, 5.74) is -0.330. The van der Waals surface area contributed by atoms with Crippen LogP contribution in [-0.4, -0.2) is 27.3 Å². The molecule has 1 N–H and O–H groups in total. The largest absolute Gasteiger partial charge is 1.00 e. The van der Waals surface area contributed by atoms with Gasteiger partial charge in [-0.25, -0.2) is 0 Å². The van der Waals surface area contributed by atoms with E-state index in [1.807, 2.05) is 20.8 Å². The van der Waals surface area contributed by atoms with E-state index in [-0.39, 0.29) is 41.5 Å². The van der Waals surface area contributed by atoms with E-state index in [1.54, 1.807) is 0 Å². The molecule has 0 saturated carbocycles. The Balaban J connectivity index is -0.000000845. The van der Waals surface area contributed by atoms with Crippen molar-refractivity contribution >= 4 is 0 Å². The number of nitrogens with zero attached hydrogens (tertiary/aromatic N) is 3.